The van der Waals surface area contributed by atoms with Gasteiger partial charge in [-0.1, -0.05) is 71.1 Å². The van der Waals surface area contributed by atoms with Crippen LogP contribution in [0.1, 0.15) is 34.6 Å². The molecule has 0 radical (unpaired) electrons. The Kier molecular flexibility index (Phi) is 8.21. The van der Waals surface area contributed by atoms with E-state index in [1.54, 1.807) is 37.3 Å². The lowest BCUT2D eigenvalue weighted by Crippen LogP contribution is -2.31. The zero-order valence-corrected chi connectivity index (χ0v) is 25.7. The highest BCUT2D eigenvalue weighted by Gasteiger charge is 2.47. The Bertz CT molecular complexity index is 1940. The molecule has 5 aromatic rings. The monoisotopic (exact) mass is 649 g/mol. The largest absolute Gasteiger partial charge is 0.504 e. The number of aromatic hydroxyl groups is 1. The molecule has 3 heterocycles. The number of carbonyl (C=O) groups is 2. The number of phenolic OH excluding ortho intramolecular Hbond substituents is 1. The standard InChI is InChI=1S/C31H24ClN3O7S2/c1-3-41-22-13-16(11-12-20(22)36)25-24(26(37)23-14-17-8-6-10-21(40-2)28(17)42-23)27(38)29(39)35(25)30-33-34-31(44-30)43-15-18-7-4-5-9-19(18)32/h4-14,25,36,38H,3,15H2,1-2H3. The molecule has 1 atom stereocenters. The van der Waals surface area contributed by atoms with Crippen LogP contribution in [0.5, 0.6) is 17.2 Å². The van der Waals surface area contributed by atoms with Crippen LogP contribution < -0.4 is 14.4 Å². The van der Waals surface area contributed by atoms with Gasteiger partial charge in [0.2, 0.25) is 10.9 Å². The van der Waals surface area contributed by atoms with E-state index in [0.717, 1.165) is 16.9 Å². The SMILES string of the molecule is CCOc1cc(C2C(C(=O)c3cc4cccc(OC)c4o3)=C(O)C(=O)N2c2nnc(SCc3ccccc3Cl)s2)ccc1O. The number of nitrogens with zero attached hydrogens (tertiary/aromatic N) is 3. The van der Waals surface area contributed by atoms with Crippen LogP contribution in [0.3, 0.4) is 0 Å². The van der Waals surface area contributed by atoms with Gasteiger partial charge in [0, 0.05) is 16.2 Å². The van der Waals surface area contributed by atoms with Crippen molar-refractivity contribution in [2.75, 3.05) is 18.6 Å². The number of hydrogen-bond donors (Lipinski definition) is 2. The first-order chi connectivity index (χ1) is 21.3. The highest BCUT2D eigenvalue weighted by Crippen LogP contribution is 2.46. The lowest BCUT2D eigenvalue weighted by Gasteiger charge is -2.24. The molecule has 0 fully saturated rings. The van der Waals surface area contributed by atoms with Gasteiger partial charge in [0.15, 0.2) is 38.7 Å². The molecule has 44 heavy (non-hydrogen) atoms. The molecule has 1 unspecified atom stereocenters. The van der Waals surface area contributed by atoms with Crippen molar-refractivity contribution in [3.63, 3.8) is 0 Å². The summed E-state index contributed by atoms with van der Waals surface area (Å²) in [6.45, 7) is 2.03. The molecular formula is C31H24ClN3O7S2. The van der Waals surface area contributed by atoms with Crippen molar-refractivity contribution in [3.8, 4) is 17.2 Å². The van der Waals surface area contributed by atoms with E-state index in [4.69, 9.17) is 25.5 Å². The molecule has 0 bridgehead atoms. The first kappa shape index (κ1) is 29.5. The Morgan fingerprint density at radius 3 is 2.68 bits per heavy atom. The molecule has 224 valence electrons. The van der Waals surface area contributed by atoms with Gasteiger partial charge in [0.25, 0.3) is 5.91 Å². The lowest BCUT2D eigenvalue weighted by molar-refractivity contribution is -0.117. The van der Waals surface area contributed by atoms with Gasteiger partial charge in [-0.2, -0.15) is 0 Å². The molecule has 2 N–H and O–H groups in total. The topological polar surface area (TPSA) is 135 Å². The number of ketones is 1. The second-order valence-corrected chi connectivity index (χ2v) is 12.1. The summed E-state index contributed by atoms with van der Waals surface area (Å²) in [5, 5.41) is 31.4. The van der Waals surface area contributed by atoms with Crippen LogP contribution in [0.2, 0.25) is 5.02 Å². The molecule has 1 aliphatic heterocycles. The molecule has 0 saturated heterocycles. The first-order valence-corrected chi connectivity index (χ1v) is 15.5. The lowest BCUT2D eigenvalue weighted by atomic mass is 9.95. The fourth-order valence-corrected chi connectivity index (χ4v) is 7.03. The van der Waals surface area contributed by atoms with E-state index in [2.05, 4.69) is 10.2 Å². The molecule has 1 aliphatic rings. The minimum Gasteiger partial charge on any atom is -0.504 e. The summed E-state index contributed by atoms with van der Waals surface area (Å²) < 4.78 is 17.4. The van der Waals surface area contributed by atoms with Gasteiger partial charge < -0.3 is 24.1 Å². The number of amides is 1. The average Bonchev–Trinajstić information content (AvgIpc) is 3.74. The quantitative estimate of drug-likeness (QED) is 0.0914. The third-order valence-corrected chi connectivity index (χ3v) is 9.39. The number of halogens is 1. The molecule has 2 aromatic heterocycles. The number of carbonyl (C=O) groups excluding carboxylic acids is 2. The number of anilines is 1. The van der Waals surface area contributed by atoms with Crippen LogP contribution in [0.15, 0.2) is 86.8 Å². The van der Waals surface area contributed by atoms with Crippen molar-refractivity contribution in [2.24, 2.45) is 0 Å². The maximum Gasteiger partial charge on any atom is 0.296 e. The van der Waals surface area contributed by atoms with E-state index in [1.165, 1.54) is 42.0 Å². The Balaban J connectivity index is 1.41. The van der Waals surface area contributed by atoms with Gasteiger partial charge in [-0.3, -0.25) is 14.5 Å². The minimum atomic E-state index is -1.14. The van der Waals surface area contributed by atoms with Crippen molar-refractivity contribution in [1.29, 1.82) is 0 Å². The van der Waals surface area contributed by atoms with E-state index < -0.39 is 23.5 Å². The van der Waals surface area contributed by atoms with Gasteiger partial charge in [-0.25, -0.2) is 0 Å². The summed E-state index contributed by atoms with van der Waals surface area (Å²) in [6.07, 6.45) is 0. The van der Waals surface area contributed by atoms with Gasteiger partial charge >= 0.3 is 0 Å². The predicted molar refractivity (Wildman–Crippen MR) is 167 cm³/mol. The molecule has 0 spiro atoms. The van der Waals surface area contributed by atoms with Gasteiger partial charge in [-0.15, -0.1) is 10.2 Å². The molecule has 0 saturated carbocycles. The van der Waals surface area contributed by atoms with E-state index in [9.17, 15) is 19.8 Å². The van der Waals surface area contributed by atoms with Crippen molar-refractivity contribution in [3.05, 3.63) is 100.0 Å². The minimum absolute atomic E-state index is 0.0947. The number of aliphatic hydroxyl groups excluding tert-OH is 1. The Morgan fingerprint density at radius 2 is 1.91 bits per heavy atom. The smallest absolute Gasteiger partial charge is 0.296 e. The van der Waals surface area contributed by atoms with Gasteiger partial charge in [0.05, 0.1) is 25.3 Å². The van der Waals surface area contributed by atoms with Gasteiger partial charge in [0.1, 0.15) is 0 Å². The van der Waals surface area contributed by atoms with Crippen LogP contribution >= 0.6 is 34.7 Å². The van der Waals surface area contributed by atoms with Crippen LogP contribution in [-0.2, 0) is 10.5 Å². The zero-order valence-electron chi connectivity index (χ0n) is 23.3. The second-order valence-electron chi connectivity index (χ2n) is 9.55. The van der Waals surface area contributed by atoms with Crippen molar-refractivity contribution in [1.82, 2.24) is 10.2 Å². The second kappa shape index (κ2) is 12.2. The zero-order chi connectivity index (χ0) is 31.0. The number of methoxy groups -OCH3 is 1. The Morgan fingerprint density at radius 1 is 1.09 bits per heavy atom. The highest BCUT2D eigenvalue weighted by molar-refractivity contribution is 8.00. The average molecular weight is 650 g/mol. The summed E-state index contributed by atoms with van der Waals surface area (Å²) in [6, 6.07) is 17.5. The molecule has 3 aromatic carbocycles. The highest BCUT2D eigenvalue weighted by atomic mass is 35.5. The predicted octanol–water partition coefficient (Wildman–Crippen LogP) is 7.13. The molecule has 10 nitrogen and oxygen atoms in total. The third kappa shape index (κ3) is 5.36. The molecule has 13 heteroatoms. The fourth-order valence-electron chi connectivity index (χ4n) is 4.88. The maximum absolute atomic E-state index is 14.0. The number of fused-ring (bicyclic) bond motifs is 1. The molecule has 6 rings (SSSR count). The number of rotatable bonds is 10. The van der Waals surface area contributed by atoms with E-state index in [0.29, 0.717) is 37.4 Å². The summed E-state index contributed by atoms with van der Waals surface area (Å²) in [5.41, 5.74) is 1.43. The third-order valence-electron chi connectivity index (χ3n) is 6.91. The molecule has 0 aliphatic carbocycles. The summed E-state index contributed by atoms with van der Waals surface area (Å²) in [7, 11) is 1.49. The number of para-hydroxylation sites is 1. The number of phenols is 1. The van der Waals surface area contributed by atoms with Gasteiger partial charge in [-0.05, 0) is 48.4 Å². The van der Waals surface area contributed by atoms with E-state index >= 15 is 0 Å². The summed E-state index contributed by atoms with van der Waals surface area (Å²) in [4.78, 5) is 28.9. The van der Waals surface area contributed by atoms with Crippen molar-refractivity contribution in [2.45, 2.75) is 23.1 Å². The van der Waals surface area contributed by atoms with E-state index in [-0.39, 0.29) is 34.6 Å². The van der Waals surface area contributed by atoms with E-state index in [1.807, 2.05) is 18.2 Å². The first-order valence-electron chi connectivity index (χ1n) is 13.3. The number of benzene rings is 3. The number of ether oxygens (including phenoxy) is 2. The Labute approximate surface area is 264 Å². The number of aliphatic hydroxyl groups is 1. The molecular weight excluding hydrogens is 626 g/mol. The van der Waals surface area contributed by atoms with Crippen LogP contribution in [0, 0.1) is 0 Å². The number of hydrogen-bond acceptors (Lipinski definition) is 11. The number of aromatic nitrogens is 2. The number of Topliss-reactive ketones (excluding diaryl/α,β-unsaturated/α-hetero) is 1. The van der Waals surface area contributed by atoms with Crippen LogP contribution in [0.25, 0.3) is 11.0 Å². The number of thioether (sulfide) groups is 1. The summed E-state index contributed by atoms with van der Waals surface area (Å²) in [5.74, 6) is -1.41. The van der Waals surface area contributed by atoms with Crippen molar-refractivity contribution < 1.29 is 33.7 Å². The van der Waals surface area contributed by atoms with Crippen molar-refractivity contribution >= 4 is 62.5 Å². The van der Waals surface area contributed by atoms with Crippen LogP contribution in [0.4, 0.5) is 5.13 Å². The molecule has 1 amide bonds. The Hall–Kier alpha value is -4.52. The number of furan rings is 1. The summed E-state index contributed by atoms with van der Waals surface area (Å²) >= 11 is 8.82. The fraction of sp³-hybridized carbons (Fsp3) is 0.161. The maximum atomic E-state index is 14.0. The van der Waals surface area contributed by atoms with Crippen LogP contribution in [-0.4, -0.2) is 45.8 Å². The normalized spacial score (nSPS) is 14.9.